The number of ether oxygens (including phenoxy) is 1. The number of rotatable bonds is 7. The molecule has 6 heteroatoms. The largest absolute Gasteiger partial charge is 0.496 e. The highest BCUT2D eigenvalue weighted by molar-refractivity contribution is 14.0. The molecule has 0 bridgehead atoms. The fraction of sp³-hybridized carbons (Fsp3) is 0.381. The molecule has 0 aromatic heterocycles. The summed E-state index contributed by atoms with van der Waals surface area (Å²) in [6, 6.07) is 16.6. The van der Waals surface area contributed by atoms with Crippen molar-refractivity contribution in [1.82, 2.24) is 15.1 Å². The molecule has 27 heavy (non-hydrogen) atoms. The van der Waals surface area contributed by atoms with Gasteiger partial charge in [-0.3, -0.25) is 4.99 Å². The monoisotopic (exact) mass is 482 g/mol. The molecular formula is C21H31IN4O. The van der Waals surface area contributed by atoms with E-state index in [2.05, 4.69) is 64.5 Å². The smallest absolute Gasteiger partial charge is 0.193 e. The average Bonchev–Trinajstić information content (AvgIpc) is 2.63. The molecule has 0 fully saturated rings. The number of aliphatic imine (C=N–C) groups is 1. The van der Waals surface area contributed by atoms with Gasteiger partial charge in [-0.1, -0.05) is 42.5 Å². The van der Waals surface area contributed by atoms with Crippen LogP contribution in [0.2, 0.25) is 0 Å². The molecule has 0 saturated heterocycles. The second-order valence-corrected chi connectivity index (χ2v) is 6.58. The number of para-hydroxylation sites is 1. The number of nitrogens with one attached hydrogen (secondary N) is 1. The van der Waals surface area contributed by atoms with Gasteiger partial charge in [0.05, 0.1) is 7.11 Å². The Morgan fingerprint density at radius 2 is 1.52 bits per heavy atom. The first-order chi connectivity index (χ1) is 12.5. The minimum absolute atomic E-state index is 0. The van der Waals surface area contributed by atoms with Crippen molar-refractivity contribution in [3.8, 4) is 5.75 Å². The molecule has 0 aliphatic heterocycles. The first-order valence-corrected chi connectivity index (χ1v) is 8.80. The summed E-state index contributed by atoms with van der Waals surface area (Å²) in [5.74, 6) is 1.75. The van der Waals surface area contributed by atoms with Crippen LogP contribution >= 0.6 is 24.0 Å². The van der Waals surface area contributed by atoms with E-state index in [1.54, 1.807) is 7.11 Å². The number of benzene rings is 2. The van der Waals surface area contributed by atoms with Crippen molar-refractivity contribution in [2.75, 3.05) is 35.3 Å². The molecule has 0 saturated carbocycles. The Bertz CT molecular complexity index is 734. The lowest BCUT2D eigenvalue weighted by atomic mass is 10.1. The van der Waals surface area contributed by atoms with Gasteiger partial charge in [0, 0.05) is 39.3 Å². The lowest BCUT2D eigenvalue weighted by Gasteiger charge is -2.24. The van der Waals surface area contributed by atoms with Crippen molar-refractivity contribution in [2.24, 2.45) is 4.99 Å². The molecule has 1 N–H and O–H groups in total. The Labute approximate surface area is 180 Å². The van der Waals surface area contributed by atoms with Gasteiger partial charge >= 0.3 is 0 Å². The van der Waals surface area contributed by atoms with Gasteiger partial charge in [0.1, 0.15) is 5.75 Å². The second kappa shape index (κ2) is 11.8. The summed E-state index contributed by atoms with van der Waals surface area (Å²) in [6.07, 6.45) is 0. The number of halogens is 1. The van der Waals surface area contributed by atoms with Gasteiger partial charge in [-0.05, 0) is 31.3 Å². The molecule has 0 heterocycles. The minimum atomic E-state index is 0. The molecular weight excluding hydrogens is 451 g/mol. The predicted octanol–water partition coefficient (Wildman–Crippen LogP) is 3.58. The molecule has 0 radical (unpaired) electrons. The Balaban J connectivity index is 0.00000364. The number of methoxy groups -OCH3 is 1. The molecule has 0 atom stereocenters. The predicted molar refractivity (Wildman–Crippen MR) is 124 cm³/mol. The van der Waals surface area contributed by atoms with Gasteiger partial charge in [-0.15, -0.1) is 24.0 Å². The summed E-state index contributed by atoms with van der Waals surface area (Å²) in [5, 5.41) is 3.47. The molecule has 2 aromatic carbocycles. The molecule has 148 valence electrons. The Hall–Kier alpha value is -1.80. The molecule has 0 unspecified atom stereocenters. The van der Waals surface area contributed by atoms with Gasteiger partial charge in [-0.25, -0.2) is 0 Å². The molecule has 0 amide bonds. The van der Waals surface area contributed by atoms with Crippen molar-refractivity contribution in [2.45, 2.75) is 19.6 Å². The van der Waals surface area contributed by atoms with Crippen LogP contribution in [-0.4, -0.2) is 51.1 Å². The van der Waals surface area contributed by atoms with Crippen LogP contribution in [0.5, 0.6) is 5.75 Å². The molecule has 0 aliphatic rings. The van der Waals surface area contributed by atoms with Crippen LogP contribution in [0, 0.1) is 0 Å². The summed E-state index contributed by atoms with van der Waals surface area (Å²) in [4.78, 5) is 8.71. The summed E-state index contributed by atoms with van der Waals surface area (Å²) in [6.45, 7) is 2.39. The van der Waals surface area contributed by atoms with E-state index in [-0.39, 0.29) is 24.0 Å². The fourth-order valence-corrected chi connectivity index (χ4v) is 2.95. The maximum absolute atomic E-state index is 5.45. The normalized spacial score (nSPS) is 11.1. The maximum Gasteiger partial charge on any atom is 0.193 e. The highest BCUT2D eigenvalue weighted by Crippen LogP contribution is 2.18. The second-order valence-electron chi connectivity index (χ2n) is 6.58. The lowest BCUT2D eigenvalue weighted by molar-refractivity contribution is 0.395. The third-order valence-electron chi connectivity index (χ3n) is 4.22. The Kier molecular flexibility index (Phi) is 10.2. The molecule has 2 aromatic rings. The molecule has 0 spiro atoms. The van der Waals surface area contributed by atoms with Gasteiger partial charge in [-0.2, -0.15) is 0 Å². The quantitative estimate of drug-likeness (QED) is 0.372. The summed E-state index contributed by atoms with van der Waals surface area (Å²) < 4.78 is 5.45. The van der Waals surface area contributed by atoms with Gasteiger partial charge in [0.2, 0.25) is 0 Å². The van der Waals surface area contributed by atoms with E-state index < -0.39 is 0 Å². The third kappa shape index (κ3) is 7.03. The van der Waals surface area contributed by atoms with E-state index in [0.717, 1.165) is 36.9 Å². The highest BCUT2D eigenvalue weighted by Gasteiger charge is 2.11. The number of hydrogen-bond acceptors (Lipinski definition) is 3. The zero-order valence-corrected chi connectivity index (χ0v) is 19.2. The Morgan fingerprint density at radius 3 is 2.11 bits per heavy atom. The van der Waals surface area contributed by atoms with Crippen molar-refractivity contribution in [1.29, 1.82) is 0 Å². The van der Waals surface area contributed by atoms with E-state index in [0.29, 0.717) is 0 Å². The van der Waals surface area contributed by atoms with E-state index in [4.69, 9.17) is 4.74 Å². The lowest BCUT2D eigenvalue weighted by Crippen LogP contribution is -2.38. The van der Waals surface area contributed by atoms with Gasteiger partial charge in [0.25, 0.3) is 0 Å². The van der Waals surface area contributed by atoms with Crippen molar-refractivity contribution in [3.63, 3.8) is 0 Å². The molecule has 2 rings (SSSR count). The SMILES string of the molecule is CN=C(NCc1ccccc1CN(C)C)N(C)Cc1ccccc1OC.I. The standard InChI is InChI=1S/C21H30N4O.HI/c1-22-21(25(4)16-19-12-8-9-13-20(19)26-5)23-14-17-10-6-7-11-18(17)15-24(2)3;/h6-13H,14-16H2,1-5H3,(H,22,23);1H. The first-order valence-electron chi connectivity index (χ1n) is 8.80. The Morgan fingerprint density at radius 1 is 0.926 bits per heavy atom. The minimum Gasteiger partial charge on any atom is -0.496 e. The van der Waals surface area contributed by atoms with Crippen LogP contribution in [0.15, 0.2) is 53.5 Å². The van der Waals surface area contributed by atoms with E-state index >= 15 is 0 Å². The number of hydrogen-bond donors (Lipinski definition) is 1. The average molecular weight is 482 g/mol. The van der Waals surface area contributed by atoms with Crippen molar-refractivity contribution < 1.29 is 4.74 Å². The summed E-state index contributed by atoms with van der Waals surface area (Å²) in [7, 11) is 9.72. The first kappa shape index (κ1) is 23.2. The van der Waals surface area contributed by atoms with E-state index in [1.807, 2.05) is 32.3 Å². The van der Waals surface area contributed by atoms with Crippen LogP contribution in [0.1, 0.15) is 16.7 Å². The van der Waals surface area contributed by atoms with Gasteiger partial charge in [0.15, 0.2) is 5.96 Å². The zero-order chi connectivity index (χ0) is 18.9. The highest BCUT2D eigenvalue weighted by atomic mass is 127. The maximum atomic E-state index is 5.45. The van der Waals surface area contributed by atoms with Crippen LogP contribution in [0.25, 0.3) is 0 Å². The van der Waals surface area contributed by atoms with E-state index in [9.17, 15) is 0 Å². The molecule has 5 nitrogen and oxygen atoms in total. The van der Waals surface area contributed by atoms with Crippen LogP contribution in [0.3, 0.4) is 0 Å². The molecule has 0 aliphatic carbocycles. The van der Waals surface area contributed by atoms with Gasteiger partial charge < -0.3 is 19.9 Å². The third-order valence-corrected chi connectivity index (χ3v) is 4.22. The summed E-state index contributed by atoms with van der Waals surface area (Å²) >= 11 is 0. The van der Waals surface area contributed by atoms with Crippen LogP contribution < -0.4 is 10.1 Å². The van der Waals surface area contributed by atoms with Crippen molar-refractivity contribution in [3.05, 3.63) is 65.2 Å². The fourth-order valence-electron chi connectivity index (χ4n) is 2.95. The van der Waals surface area contributed by atoms with Crippen LogP contribution in [-0.2, 0) is 19.6 Å². The zero-order valence-electron chi connectivity index (χ0n) is 16.9. The topological polar surface area (TPSA) is 40.1 Å². The summed E-state index contributed by atoms with van der Waals surface area (Å²) in [5.41, 5.74) is 3.74. The van der Waals surface area contributed by atoms with E-state index in [1.165, 1.54) is 11.1 Å². The van der Waals surface area contributed by atoms with Crippen LogP contribution in [0.4, 0.5) is 0 Å². The number of nitrogens with zero attached hydrogens (tertiary/aromatic N) is 3. The van der Waals surface area contributed by atoms with Crippen molar-refractivity contribution >= 4 is 29.9 Å². The number of guanidine groups is 1.